The second-order valence-electron chi connectivity index (χ2n) is 5.34. The van der Waals surface area contributed by atoms with E-state index in [0.29, 0.717) is 12.4 Å². The number of carbonyl (C=O) groups excluding carboxylic acids is 1. The van der Waals surface area contributed by atoms with E-state index in [9.17, 15) is 9.90 Å². The fourth-order valence-electron chi connectivity index (χ4n) is 1.95. The molecule has 1 saturated carbocycles. The summed E-state index contributed by atoms with van der Waals surface area (Å²) in [5.41, 5.74) is -0.527. The van der Waals surface area contributed by atoms with Crippen molar-refractivity contribution in [1.29, 1.82) is 0 Å². The van der Waals surface area contributed by atoms with E-state index in [1.54, 1.807) is 0 Å². The molecule has 0 aromatic carbocycles. The lowest BCUT2D eigenvalue weighted by molar-refractivity contribution is -0.128. The van der Waals surface area contributed by atoms with Crippen molar-refractivity contribution in [3.05, 3.63) is 0 Å². The number of aliphatic hydroxyl groups is 1. The zero-order chi connectivity index (χ0) is 12.2. The maximum Gasteiger partial charge on any atom is 0.226 e. The zero-order valence-corrected chi connectivity index (χ0v) is 10.9. The third-order valence-electron chi connectivity index (χ3n) is 3.34. The maximum absolute atomic E-state index is 11.8. The molecule has 16 heavy (non-hydrogen) atoms. The van der Waals surface area contributed by atoms with Crippen LogP contribution in [0.4, 0.5) is 0 Å². The Bertz CT molecular complexity index is 243. The van der Waals surface area contributed by atoms with Gasteiger partial charge in [0.15, 0.2) is 0 Å². The Hall–Kier alpha value is -0.280. The van der Waals surface area contributed by atoms with Gasteiger partial charge in [0.25, 0.3) is 0 Å². The van der Waals surface area contributed by atoms with Crippen molar-refractivity contribution in [3.63, 3.8) is 0 Å². The minimum Gasteiger partial charge on any atom is -0.393 e. The molecule has 2 atom stereocenters. The Morgan fingerprint density at radius 2 is 2.06 bits per heavy atom. The third-order valence-corrected chi connectivity index (χ3v) is 4.01. The van der Waals surface area contributed by atoms with Gasteiger partial charge in [-0.3, -0.25) is 4.79 Å². The smallest absolute Gasteiger partial charge is 0.226 e. The molecule has 0 spiro atoms. The third kappa shape index (κ3) is 3.63. The average molecular weight is 248 g/mol. The van der Waals surface area contributed by atoms with Crippen LogP contribution in [0, 0.1) is 11.3 Å². The van der Waals surface area contributed by atoms with Crippen molar-refractivity contribution in [2.75, 3.05) is 12.4 Å². The van der Waals surface area contributed by atoms with Crippen molar-refractivity contribution in [1.82, 2.24) is 5.32 Å². The highest BCUT2D eigenvalue weighted by Gasteiger charge is 2.28. The summed E-state index contributed by atoms with van der Waals surface area (Å²) in [6, 6.07) is 0. The Labute approximate surface area is 103 Å². The van der Waals surface area contributed by atoms with Gasteiger partial charge in [0.1, 0.15) is 0 Å². The summed E-state index contributed by atoms with van der Waals surface area (Å²) in [6.07, 6.45) is 3.85. The zero-order valence-electron chi connectivity index (χ0n) is 10.1. The van der Waals surface area contributed by atoms with Gasteiger partial charge in [-0.1, -0.05) is 12.8 Å². The predicted octanol–water partition coefficient (Wildman–Crippen LogP) is 1.92. The van der Waals surface area contributed by atoms with Gasteiger partial charge in [0.2, 0.25) is 5.91 Å². The van der Waals surface area contributed by atoms with E-state index in [1.807, 2.05) is 13.8 Å². The number of hydrogen-bond donors (Lipinski definition) is 2. The van der Waals surface area contributed by atoms with Crippen LogP contribution in [0.3, 0.4) is 0 Å². The number of rotatable bonds is 4. The molecule has 0 bridgehead atoms. The van der Waals surface area contributed by atoms with Gasteiger partial charge in [-0.05, 0) is 26.7 Å². The number of alkyl halides is 1. The van der Waals surface area contributed by atoms with Gasteiger partial charge in [0, 0.05) is 18.3 Å². The van der Waals surface area contributed by atoms with E-state index in [1.165, 1.54) is 0 Å². The minimum absolute atomic E-state index is 0.0275. The number of nitrogens with one attached hydrogen (secondary N) is 1. The summed E-state index contributed by atoms with van der Waals surface area (Å²) < 4.78 is 0. The Morgan fingerprint density at radius 3 is 2.62 bits per heavy atom. The van der Waals surface area contributed by atoms with Gasteiger partial charge < -0.3 is 10.4 Å². The molecule has 0 saturated heterocycles. The molecule has 1 aliphatic rings. The van der Waals surface area contributed by atoms with Gasteiger partial charge in [-0.25, -0.2) is 0 Å². The molecule has 3 nitrogen and oxygen atoms in total. The van der Waals surface area contributed by atoms with E-state index in [0.717, 1.165) is 25.7 Å². The molecule has 1 rings (SSSR count). The van der Waals surface area contributed by atoms with Gasteiger partial charge >= 0.3 is 0 Å². The second kappa shape index (κ2) is 5.87. The molecule has 0 radical (unpaired) electrons. The molecule has 94 valence electrons. The molecule has 0 heterocycles. The lowest BCUT2D eigenvalue weighted by atomic mass is 9.86. The molecule has 2 unspecified atom stereocenters. The summed E-state index contributed by atoms with van der Waals surface area (Å²) in [7, 11) is 0. The lowest BCUT2D eigenvalue weighted by Crippen LogP contribution is -2.43. The van der Waals surface area contributed by atoms with Crippen molar-refractivity contribution in [2.24, 2.45) is 11.3 Å². The number of amides is 1. The van der Waals surface area contributed by atoms with E-state index < -0.39 is 5.41 Å². The van der Waals surface area contributed by atoms with Crippen LogP contribution in [0.15, 0.2) is 0 Å². The Morgan fingerprint density at radius 1 is 1.44 bits per heavy atom. The van der Waals surface area contributed by atoms with E-state index in [2.05, 4.69) is 5.32 Å². The first-order chi connectivity index (χ1) is 7.47. The van der Waals surface area contributed by atoms with E-state index in [4.69, 9.17) is 11.6 Å². The molecule has 1 amide bonds. The van der Waals surface area contributed by atoms with Crippen LogP contribution in [-0.2, 0) is 4.79 Å². The molecule has 1 aliphatic carbocycles. The number of aliphatic hydroxyl groups excluding tert-OH is 1. The first kappa shape index (κ1) is 13.8. The molecule has 0 aromatic heterocycles. The Balaban J connectivity index is 2.36. The topological polar surface area (TPSA) is 49.3 Å². The molecular formula is C12H22ClNO2. The summed E-state index contributed by atoms with van der Waals surface area (Å²) in [5, 5.41) is 12.7. The van der Waals surface area contributed by atoms with Crippen molar-refractivity contribution in [3.8, 4) is 0 Å². The van der Waals surface area contributed by atoms with Crippen LogP contribution in [0.1, 0.15) is 39.5 Å². The van der Waals surface area contributed by atoms with Gasteiger partial charge in [-0.15, -0.1) is 11.6 Å². The van der Waals surface area contributed by atoms with Crippen molar-refractivity contribution in [2.45, 2.75) is 45.6 Å². The van der Waals surface area contributed by atoms with Crippen LogP contribution in [-0.4, -0.2) is 29.5 Å². The minimum atomic E-state index is -0.527. The summed E-state index contributed by atoms with van der Waals surface area (Å²) in [5.74, 6) is 0.496. The molecule has 0 aromatic rings. The van der Waals surface area contributed by atoms with E-state index >= 15 is 0 Å². The fraction of sp³-hybridized carbons (Fsp3) is 0.917. The van der Waals surface area contributed by atoms with Gasteiger partial charge in [-0.2, -0.15) is 0 Å². The first-order valence-electron chi connectivity index (χ1n) is 5.99. The molecule has 1 fully saturated rings. The normalized spacial score (nSPS) is 26.5. The molecular weight excluding hydrogens is 226 g/mol. The fourth-order valence-corrected chi connectivity index (χ4v) is 2.07. The molecule has 0 aliphatic heterocycles. The summed E-state index contributed by atoms with van der Waals surface area (Å²) in [6.45, 7) is 4.22. The predicted molar refractivity (Wildman–Crippen MR) is 65.5 cm³/mol. The molecule has 4 heteroatoms. The average Bonchev–Trinajstić information content (AvgIpc) is 2.27. The quantitative estimate of drug-likeness (QED) is 0.746. The second-order valence-corrected chi connectivity index (χ2v) is 5.61. The van der Waals surface area contributed by atoms with Gasteiger partial charge in [0.05, 0.1) is 11.5 Å². The number of hydrogen-bond acceptors (Lipinski definition) is 2. The van der Waals surface area contributed by atoms with Crippen LogP contribution in [0.2, 0.25) is 0 Å². The largest absolute Gasteiger partial charge is 0.393 e. The van der Waals surface area contributed by atoms with Crippen LogP contribution < -0.4 is 5.32 Å². The van der Waals surface area contributed by atoms with Crippen LogP contribution in [0.25, 0.3) is 0 Å². The number of halogens is 1. The SMILES string of the molecule is CC(C)(CCl)C(=O)NCC1CCCCC1O. The first-order valence-corrected chi connectivity index (χ1v) is 6.53. The van der Waals surface area contributed by atoms with Crippen molar-refractivity contribution >= 4 is 17.5 Å². The monoisotopic (exact) mass is 247 g/mol. The highest BCUT2D eigenvalue weighted by atomic mass is 35.5. The summed E-state index contributed by atoms with van der Waals surface area (Å²) in [4.78, 5) is 11.8. The van der Waals surface area contributed by atoms with E-state index in [-0.39, 0.29) is 17.9 Å². The lowest BCUT2D eigenvalue weighted by Gasteiger charge is -2.29. The highest BCUT2D eigenvalue weighted by Crippen LogP contribution is 2.24. The maximum atomic E-state index is 11.8. The molecule has 2 N–H and O–H groups in total. The summed E-state index contributed by atoms with van der Waals surface area (Å²) >= 11 is 5.73. The standard InChI is InChI=1S/C12H22ClNO2/c1-12(2,8-13)11(16)14-7-9-5-3-4-6-10(9)15/h9-10,15H,3-8H2,1-2H3,(H,14,16). The van der Waals surface area contributed by atoms with Crippen LogP contribution in [0.5, 0.6) is 0 Å². The van der Waals surface area contributed by atoms with Crippen LogP contribution >= 0.6 is 11.6 Å². The number of carbonyl (C=O) groups is 1. The Kier molecular flexibility index (Phi) is 5.06. The highest BCUT2D eigenvalue weighted by molar-refractivity contribution is 6.19. The van der Waals surface area contributed by atoms with Crippen molar-refractivity contribution < 1.29 is 9.90 Å².